The van der Waals surface area contributed by atoms with Crippen LogP contribution in [0.2, 0.25) is 0 Å². The fourth-order valence-electron chi connectivity index (χ4n) is 3.41. The molecule has 0 saturated carbocycles. The first-order chi connectivity index (χ1) is 12.7. The second kappa shape index (κ2) is 9.88. The largest absolute Gasteiger partial charge is 0.389 e. The third-order valence-electron chi connectivity index (χ3n) is 4.81. The lowest BCUT2D eigenvalue weighted by Gasteiger charge is -2.27. The first kappa shape index (κ1) is 19.1. The molecule has 1 aromatic heterocycles. The van der Waals surface area contributed by atoms with Crippen LogP contribution >= 0.6 is 0 Å². The second-order valence-corrected chi connectivity index (χ2v) is 7.09. The molecule has 2 aromatic rings. The topological polar surface area (TPSA) is 46.9 Å². The van der Waals surface area contributed by atoms with Gasteiger partial charge in [0.1, 0.15) is 0 Å². The fraction of sp³-hybridized carbons (Fsp3) is 0.524. The van der Waals surface area contributed by atoms with E-state index in [2.05, 4.69) is 34.8 Å². The third-order valence-corrected chi connectivity index (χ3v) is 4.81. The van der Waals surface area contributed by atoms with E-state index in [0.29, 0.717) is 19.8 Å². The summed E-state index contributed by atoms with van der Waals surface area (Å²) in [6.07, 6.45) is 4.04. The van der Waals surface area contributed by atoms with Crippen molar-refractivity contribution in [3.05, 3.63) is 59.9 Å². The quantitative estimate of drug-likeness (QED) is 0.709. The molecule has 1 N–H and O–H groups in total. The highest BCUT2D eigenvalue weighted by Crippen LogP contribution is 2.15. The number of ether oxygens (including phenoxy) is 2. The molecule has 0 aliphatic carbocycles. The van der Waals surface area contributed by atoms with Gasteiger partial charge < -0.3 is 19.1 Å². The SMILES string of the molecule is Cn1cccc1CN(C[C@H](O)COCc1ccccc1)C[C@H]1CCCO1. The van der Waals surface area contributed by atoms with Gasteiger partial charge in [-0.15, -0.1) is 0 Å². The number of hydrogen-bond donors (Lipinski definition) is 1. The number of rotatable bonds is 10. The summed E-state index contributed by atoms with van der Waals surface area (Å²) in [5, 5.41) is 10.5. The summed E-state index contributed by atoms with van der Waals surface area (Å²) in [5.41, 5.74) is 2.36. The van der Waals surface area contributed by atoms with E-state index in [0.717, 1.165) is 38.1 Å². The zero-order valence-corrected chi connectivity index (χ0v) is 15.6. The lowest BCUT2D eigenvalue weighted by molar-refractivity contribution is -0.00328. The summed E-state index contributed by atoms with van der Waals surface area (Å²) >= 11 is 0. The van der Waals surface area contributed by atoms with E-state index < -0.39 is 6.10 Å². The molecule has 0 unspecified atom stereocenters. The van der Waals surface area contributed by atoms with Crippen LogP contribution in [0, 0.1) is 0 Å². The van der Waals surface area contributed by atoms with Crippen LogP contribution in [-0.4, -0.2) is 53.1 Å². The van der Waals surface area contributed by atoms with Crippen molar-refractivity contribution in [2.24, 2.45) is 7.05 Å². The molecule has 2 atom stereocenters. The molecule has 0 spiro atoms. The van der Waals surface area contributed by atoms with Crippen molar-refractivity contribution in [2.75, 3.05) is 26.3 Å². The normalized spacial score (nSPS) is 18.5. The van der Waals surface area contributed by atoms with Crippen molar-refractivity contribution in [3.8, 4) is 0 Å². The summed E-state index contributed by atoms with van der Waals surface area (Å²) < 4.78 is 13.6. The lowest BCUT2D eigenvalue weighted by Crippen LogP contribution is -2.39. The Hall–Kier alpha value is -1.66. The summed E-state index contributed by atoms with van der Waals surface area (Å²) in [6, 6.07) is 14.2. The van der Waals surface area contributed by atoms with Crippen LogP contribution < -0.4 is 0 Å². The predicted octanol–water partition coefficient (Wildman–Crippen LogP) is 2.58. The van der Waals surface area contributed by atoms with Gasteiger partial charge in [0.05, 0.1) is 25.4 Å². The van der Waals surface area contributed by atoms with Gasteiger partial charge >= 0.3 is 0 Å². The molecule has 1 aromatic carbocycles. The van der Waals surface area contributed by atoms with Crippen molar-refractivity contribution < 1.29 is 14.6 Å². The zero-order chi connectivity index (χ0) is 18.2. The highest BCUT2D eigenvalue weighted by atomic mass is 16.5. The first-order valence-corrected chi connectivity index (χ1v) is 9.44. The fourth-order valence-corrected chi connectivity index (χ4v) is 3.41. The summed E-state index contributed by atoms with van der Waals surface area (Å²) in [6.45, 7) is 3.96. The summed E-state index contributed by atoms with van der Waals surface area (Å²) in [7, 11) is 2.05. The van der Waals surface area contributed by atoms with Gasteiger partial charge in [0.2, 0.25) is 0 Å². The Morgan fingerprint density at radius 3 is 2.81 bits per heavy atom. The second-order valence-electron chi connectivity index (χ2n) is 7.09. The zero-order valence-electron chi connectivity index (χ0n) is 15.6. The van der Waals surface area contributed by atoms with Crippen molar-refractivity contribution in [1.29, 1.82) is 0 Å². The first-order valence-electron chi connectivity index (χ1n) is 9.44. The average molecular weight is 358 g/mol. The smallest absolute Gasteiger partial charge is 0.0900 e. The Balaban J connectivity index is 1.49. The maximum Gasteiger partial charge on any atom is 0.0900 e. The molecule has 3 rings (SSSR count). The molecule has 1 fully saturated rings. The average Bonchev–Trinajstić information content (AvgIpc) is 3.28. The van der Waals surface area contributed by atoms with E-state index >= 15 is 0 Å². The van der Waals surface area contributed by atoms with Crippen LogP contribution in [0.4, 0.5) is 0 Å². The van der Waals surface area contributed by atoms with Gasteiger partial charge in [-0.3, -0.25) is 4.90 Å². The Labute approximate surface area is 156 Å². The van der Waals surface area contributed by atoms with Crippen molar-refractivity contribution >= 4 is 0 Å². The molecule has 0 amide bonds. The number of aliphatic hydroxyl groups excluding tert-OH is 1. The molecular weight excluding hydrogens is 328 g/mol. The number of aryl methyl sites for hydroxylation is 1. The van der Waals surface area contributed by atoms with E-state index in [1.54, 1.807) is 0 Å². The van der Waals surface area contributed by atoms with E-state index in [1.807, 2.05) is 30.3 Å². The predicted molar refractivity (Wildman–Crippen MR) is 102 cm³/mol. The molecule has 1 saturated heterocycles. The van der Waals surface area contributed by atoms with Gasteiger partial charge in [-0.2, -0.15) is 0 Å². The van der Waals surface area contributed by atoms with E-state index in [9.17, 15) is 5.11 Å². The minimum atomic E-state index is -0.514. The molecular formula is C21H30N2O3. The minimum Gasteiger partial charge on any atom is -0.389 e. The molecule has 5 heteroatoms. The van der Waals surface area contributed by atoms with Gasteiger partial charge in [0, 0.05) is 45.2 Å². The Bertz CT molecular complexity index is 638. The van der Waals surface area contributed by atoms with Crippen LogP contribution in [0.5, 0.6) is 0 Å². The van der Waals surface area contributed by atoms with Gasteiger partial charge in [0.25, 0.3) is 0 Å². The highest BCUT2D eigenvalue weighted by Gasteiger charge is 2.21. The van der Waals surface area contributed by atoms with Crippen LogP contribution in [0.3, 0.4) is 0 Å². The van der Waals surface area contributed by atoms with E-state index in [4.69, 9.17) is 9.47 Å². The molecule has 1 aliphatic heterocycles. The van der Waals surface area contributed by atoms with Crippen LogP contribution in [-0.2, 0) is 29.7 Å². The van der Waals surface area contributed by atoms with Crippen molar-refractivity contribution in [3.63, 3.8) is 0 Å². The van der Waals surface area contributed by atoms with Crippen LogP contribution in [0.15, 0.2) is 48.7 Å². The van der Waals surface area contributed by atoms with Gasteiger partial charge in [-0.1, -0.05) is 30.3 Å². The number of benzene rings is 1. The monoisotopic (exact) mass is 358 g/mol. The number of aromatic nitrogens is 1. The molecule has 142 valence electrons. The van der Waals surface area contributed by atoms with Gasteiger partial charge in [0.15, 0.2) is 0 Å². The standard InChI is InChI=1S/C21H30N2O3/c1-22-11-5-9-19(22)13-23(15-21-10-6-12-26-21)14-20(24)17-25-16-18-7-3-2-4-8-18/h2-5,7-9,11,20-21,24H,6,10,12-17H2,1H3/t20-,21+/m0/s1. The Morgan fingerprint density at radius 2 is 2.12 bits per heavy atom. The molecule has 1 aliphatic rings. The molecule has 5 nitrogen and oxygen atoms in total. The van der Waals surface area contributed by atoms with Gasteiger partial charge in [-0.05, 0) is 30.5 Å². The number of hydrogen-bond acceptors (Lipinski definition) is 4. The van der Waals surface area contributed by atoms with E-state index in [1.165, 1.54) is 5.69 Å². The maximum absolute atomic E-state index is 10.5. The Kier molecular flexibility index (Phi) is 7.26. The maximum atomic E-state index is 10.5. The lowest BCUT2D eigenvalue weighted by atomic mass is 10.2. The van der Waals surface area contributed by atoms with Crippen molar-refractivity contribution in [1.82, 2.24) is 9.47 Å². The molecule has 0 bridgehead atoms. The molecule has 2 heterocycles. The Morgan fingerprint density at radius 1 is 1.27 bits per heavy atom. The number of nitrogens with zero attached hydrogens (tertiary/aromatic N) is 2. The van der Waals surface area contributed by atoms with Gasteiger partial charge in [-0.25, -0.2) is 0 Å². The third kappa shape index (κ3) is 5.95. The molecule has 0 radical (unpaired) electrons. The molecule has 26 heavy (non-hydrogen) atoms. The minimum absolute atomic E-state index is 0.271. The van der Waals surface area contributed by atoms with Crippen molar-refractivity contribution in [2.45, 2.75) is 38.2 Å². The number of aliphatic hydroxyl groups is 1. The summed E-state index contributed by atoms with van der Waals surface area (Å²) in [5.74, 6) is 0. The van der Waals surface area contributed by atoms with Crippen LogP contribution in [0.25, 0.3) is 0 Å². The summed E-state index contributed by atoms with van der Waals surface area (Å²) in [4.78, 5) is 2.28. The van der Waals surface area contributed by atoms with E-state index in [-0.39, 0.29) is 6.10 Å². The highest BCUT2D eigenvalue weighted by molar-refractivity contribution is 5.13. The van der Waals surface area contributed by atoms with Crippen LogP contribution in [0.1, 0.15) is 24.1 Å².